The fraction of sp³-hybridized carbons (Fsp3) is 0.500. The Hall–Kier alpha value is -2.50. The summed E-state index contributed by atoms with van der Waals surface area (Å²) in [6, 6.07) is 8.01. The van der Waals surface area contributed by atoms with Crippen molar-refractivity contribution >= 4 is 11.6 Å². The normalized spacial score (nSPS) is 19.8. The van der Waals surface area contributed by atoms with Gasteiger partial charge in [-0.3, -0.25) is 9.48 Å². The average molecular weight is 354 g/mol. The summed E-state index contributed by atoms with van der Waals surface area (Å²) < 4.78 is 7.91. The number of carbonyl (C=O) groups excluding carboxylic acids is 1. The summed E-state index contributed by atoms with van der Waals surface area (Å²) >= 11 is 0. The molecule has 0 radical (unpaired) electrons. The first kappa shape index (κ1) is 16.9. The second kappa shape index (κ2) is 7.40. The Balaban J connectivity index is 1.49. The minimum absolute atomic E-state index is 0.130. The molecule has 6 heteroatoms. The Morgan fingerprint density at radius 1 is 1.23 bits per heavy atom. The number of aromatic nitrogens is 2. The molecule has 1 aromatic heterocycles. The summed E-state index contributed by atoms with van der Waals surface area (Å²) in [7, 11) is 1.93. The van der Waals surface area contributed by atoms with Gasteiger partial charge >= 0.3 is 0 Å². The van der Waals surface area contributed by atoms with Gasteiger partial charge in [0.1, 0.15) is 5.75 Å². The molecule has 0 N–H and O–H groups in total. The van der Waals surface area contributed by atoms with Crippen molar-refractivity contribution in [2.24, 2.45) is 7.05 Å². The number of fused-ring (bicyclic) bond motifs is 1. The molecular formula is C20H26N4O2. The first-order chi connectivity index (χ1) is 12.7. The largest absolute Gasteiger partial charge is 0.477 e. The van der Waals surface area contributed by atoms with Crippen LogP contribution >= 0.6 is 0 Å². The van der Waals surface area contributed by atoms with Gasteiger partial charge in [0, 0.05) is 32.9 Å². The van der Waals surface area contributed by atoms with Gasteiger partial charge in [-0.1, -0.05) is 12.1 Å². The Morgan fingerprint density at radius 3 is 2.81 bits per heavy atom. The predicted octanol–water partition coefficient (Wildman–Crippen LogP) is 2.24. The maximum Gasteiger partial charge on any atom is 0.265 e. The number of piperidine rings is 1. The molecule has 1 fully saturated rings. The fourth-order valence-electron chi connectivity index (χ4n) is 3.83. The molecule has 1 unspecified atom stereocenters. The van der Waals surface area contributed by atoms with E-state index in [1.807, 2.05) is 47.2 Å². The monoisotopic (exact) mass is 354 g/mol. The van der Waals surface area contributed by atoms with Gasteiger partial charge in [0.15, 0.2) is 6.10 Å². The van der Waals surface area contributed by atoms with Crippen LogP contribution in [0.1, 0.15) is 24.8 Å². The number of benzene rings is 1. The van der Waals surface area contributed by atoms with Crippen molar-refractivity contribution in [2.75, 3.05) is 31.1 Å². The fourth-order valence-corrected chi connectivity index (χ4v) is 3.83. The van der Waals surface area contributed by atoms with Crippen molar-refractivity contribution in [1.29, 1.82) is 0 Å². The van der Waals surface area contributed by atoms with E-state index in [-0.39, 0.29) is 5.91 Å². The highest BCUT2D eigenvalue weighted by Gasteiger charge is 2.33. The quantitative estimate of drug-likeness (QED) is 0.845. The van der Waals surface area contributed by atoms with Crippen molar-refractivity contribution in [2.45, 2.75) is 31.8 Å². The third kappa shape index (κ3) is 3.54. The number of para-hydroxylation sites is 2. The van der Waals surface area contributed by atoms with Gasteiger partial charge in [-0.2, -0.15) is 5.10 Å². The molecule has 138 valence electrons. The molecule has 1 saturated heterocycles. The summed E-state index contributed by atoms with van der Waals surface area (Å²) in [4.78, 5) is 17.2. The van der Waals surface area contributed by atoms with Crippen molar-refractivity contribution < 1.29 is 9.53 Å². The van der Waals surface area contributed by atoms with E-state index in [4.69, 9.17) is 4.74 Å². The zero-order valence-corrected chi connectivity index (χ0v) is 15.3. The molecule has 0 saturated carbocycles. The Kier molecular flexibility index (Phi) is 4.82. The first-order valence-electron chi connectivity index (χ1n) is 9.47. The molecule has 2 aliphatic heterocycles. The number of ether oxygens (including phenoxy) is 1. The summed E-state index contributed by atoms with van der Waals surface area (Å²) in [5, 5.41) is 4.24. The standard InChI is InChI=1S/C20H26N4O2/c1-22-14-16(13-21-22)9-12-24-15-19(20(25)23-10-5-2-6-11-23)26-18-8-4-3-7-17(18)24/h3-4,7-8,13-14,19H,2,5-6,9-12,15H2,1H3. The maximum absolute atomic E-state index is 12.9. The van der Waals surface area contributed by atoms with E-state index < -0.39 is 6.10 Å². The van der Waals surface area contributed by atoms with Gasteiger partial charge in [-0.15, -0.1) is 0 Å². The van der Waals surface area contributed by atoms with Gasteiger partial charge in [0.25, 0.3) is 5.91 Å². The Labute approximate surface area is 154 Å². The molecule has 6 nitrogen and oxygen atoms in total. The molecule has 1 atom stereocenters. The van der Waals surface area contributed by atoms with Crippen molar-refractivity contribution in [1.82, 2.24) is 14.7 Å². The summed E-state index contributed by atoms with van der Waals surface area (Å²) in [5.41, 5.74) is 2.27. The third-order valence-corrected chi connectivity index (χ3v) is 5.23. The zero-order valence-electron chi connectivity index (χ0n) is 15.3. The molecule has 1 amide bonds. The minimum Gasteiger partial charge on any atom is -0.477 e. The molecule has 2 aromatic rings. The molecule has 1 aromatic carbocycles. The molecule has 4 rings (SSSR count). The minimum atomic E-state index is -0.420. The van der Waals surface area contributed by atoms with Gasteiger partial charge in [0.05, 0.1) is 18.4 Å². The number of likely N-dealkylation sites (tertiary alicyclic amines) is 1. The van der Waals surface area contributed by atoms with E-state index in [0.29, 0.717) is 6.54 Å². The van der Waals surface area contributed by atoms with Crippen LogP contribution in [0.4, 0.5) is 5.69 Å². The highest BCUT2D eigenvalue weighted by molar-refractivity contribution is 5.83. The number of nitrogens with zero attached hydrogens (tertiary/aromatic N) is 4. The van der Waals surface area contributed by atoms with Crippen molar-refractivity contribution in [3.8, 4) is 5.75 Å². The number of hydrogen-bond acceptors (Lipinski definition) is 4. The summed E-state index contributed by atoms with van der Waals surface area (Å²) in [6.07, 6.45) is 7.84. The van der Waals surface area contributed by atoms with E-state index >= 15 is 0 Å². The van der Waals surface area contributed by atoms with E-state index in [0.717, 1.165) is 50.3 Å². The Bertz CT molecular complexity index is 767. The molecule has 0 aliphatic carbocycles. The van der Waals surface area contributed by atoms with Gasteiger partial charge in [0.2, 0.25) is 0 Å². The van der Waals surface area contributed by atoms with Crippen LogP contribution in [0.3, 0.4) is 0 Å². The highest BCUT2D eigenvalue weighted by atomic mass is 16.5. The lowest BCUT2D eigenvalue weighted by molar-refractivity contribution is -0.139. The topological polar surface area (TPSA) is 50.6 Å². The molecule has 26 heavy (non-hydrogen) atoms. The Morgan fingerprint density at radius 2 is 2.04 bits per heavy atom. The molecular weight excluding hydrogens is 328 g/mol. The number of rotatable bonds is 4. The highest BCUT2D eigenvalue weighted by Crippen LogP contribution is 2.33. The van der Waals surface area contributed by atoms with E-state index in [2.05, 4.69) is 16.1 Å². The van der Waals surface area contributed by atoms with Crippen molar-refractivity contribution in [3.05, 3.63) is 42.2 Å². The average Bonchev–Trinajstić information content (AvgIpc) is 3.11. The van der Waals surface area contributed by atoms with Crippen LogP contribution < -0.4 is 9.64 Å². The smallest absolute Gasteiger partial charge is 0.265 e. The van der Waals surface area contributed by atoms with Crippen LogP contribution in [0, 0.1) is 0 Å². The summed E-state index contributed by atoms with van der Waals surface area (Å²) in [5.74, 6) is 0.936. The molecule has 2 aliphatic rings. The van der Waals surface area contributed by atoms with Crippen LogP contribution in [-0.2, 0) is 18.3 Å². The number of amides is 1. The zero-order chi connectivity index (χ0) is 17.9. The lowest BCUT2D eigenvalue weighted by Crippen LogP contribution is -2.51. The van der Waals surface area contributed by atoms with Crippen LogP contribution in [0.15, 0.2) is 36.7 Å². The molecule has 0 spiro atoms. The third-order valence-electron chi connectivity index (χ3n) is 5.23. The number of carbonyl (C=O) groups is 1. The number of anilines is 1. The second-order valence-electron chi connectivity index (χ2n) is 7.18. The predicted molar refractivity (Wildman–Crippen MR) is 100 cm³/mol. The second-order valence-corrected chi connectivity index (χ2v) is 7.18. The maximum atomic E-state index is 12.9. The lowest BCUT2D eigenvalue weighted by Gasteiger charge is -2.38. The van der Waals surface area contributed by atoms with Gasteiger partial charge in [-0.05, 0) is 43.4 Å². The first-order valence-corrected chi connectivity index (χ1v) is 9.47. The van der Waals surface area contributed by atoms with Gasteiger partial charge < -0.3 is 14.5 Å². The van der Waals surface area contributed by atoms with Crippen LogP contribution in [-0.4, -0.2) is 52.9 Å². The van der Waals surface area contributed by atoms with E-state index in [1.54, 1.807) is 0 Å². The van der Waals surface area contributed by atoms with E-state index in [1.165, 1.54) is 12.0 Å². The van der Waals surface area contributed by atoms with Crippen LogP contribution in [0.5, 0.6) is 5.75 Å². The van der Waals surface area contributed by atoms with Crippen LogP contribution in [0.25, 0.3) is 0 Å². The van der Waals surface area contributed by atoms with Crippen LogP contribution in [0.2, 0.25) is 0 Å². The molecule has 3 heterocycles. The van der Waals surface area contributed by atoms with E-state index in [9.17, 15) is 4.79 Å². The van der Waals surface area contributed by atoms with Gasteiger partial charge in [-0.25, -0.2) is 0 Å². The van der Waals surface area contributed by atoms with Crippen molar-refractivity contribution in [3.63, 3.8) is 0 Å². The lowest BCUT2D eigenvalue weighted by atomic mass is 10.1. The number of aryl methyl sites for hydroxylation is 1. The molecule has 0 bridgehead atoms. The SMILES string of the molecule is Cn1cc(CCN2CC(C(=O)N3CCCCC3)Oc3ccccc32)cn1. The summed E-state index contributed by atoms with van der Waals surface area (Å²) in [6.45, 7) is 3.16. The number of hydrogen-bond donors (Lipinski definition) is 0.